The molecule has 17 heavy (non-hydrogen) atoms. The summed E-state index contributed by atoms with van der Waals surface area (Å²) in [6.07, 6.45) is 2.13. The molecule has 3 heteroatoms. The molecule has 1 fully saturated rings. The Balaban J connectivity index is 1.91. The lowest BCUT2D eigenvalue weighted by Gasteiger charge is -2.14. The van der Waals surface area contributed by atoms with Crippen molar-refractivity contribution < 1.29 is 9.47 Å². The molecule has 3 nitrogen and oxygen atoms in total. The Morgan fingerprint density at radius 1 is 1.29 bits per heavy atom. The number of rotatable bonds is 2. The molecule has 0 spiro atoms. The molecule has 92 valence electrons. The van der Waals surface area contributed by atoms with E-state index in [1.54, 1.807) is 0 Å². The molecule has 1 aromatic rings. The predicted molar refractivity (Wildman–Crippen MR) is 66.6 cm³/mol. The molecule has 2 atom stereocenters. The van der Waals surface area contributed by atoms with E-state index in [4.69, 9.17) is 15.2 Å². The van der Waals surface area contributed by atoms with Crippen LogP contribution in [0.25, 0.3) is 0 Å². The van der Waals surface area contributed by atoms with Gasteiger partial charge in [-0.3, -0.25) is 0 Å². The van der Waals surface area contributed by atoms with Crippen molar-refractivity contribution in [1.29, 1.82) is 0 Å². The van der Waals surface area contributed by atoms with E-state index in [1.165, 1.54) is 12.0 Å². The third kappa shape index (κ3) is 1.78. The molecule has 1 aromatic carbocycles. The summed E-state index contributed by atoms with van der Waals surface area (Å²) in [5, 5.41) is 0. The summed E-state index contributed by atoms with van der Waals surface area (Å²) < 4.78 is 11.4. The average molecular weight is 233 g/mol. The molecule has 2 aliphatic rings. The lowest BCUT2D eigenvalue weighted by Crippen LogP contribution is -2.11. The minimum atomic E-state index is 0.249. The van der Waals surface area contributed by atoms with E-state index in [0.29, 0.717) is 5.92 Å². The van der Waals surface area contributed by atoms with Gasteiger partial charge in [-0.25, -0.2) is 0 Å². The van der Waals surface area contributed by atoms with Crippen LogP contribution in [0.5, 0.6) is 11.5 Å². The number of hydrogen-bond acceptors (Lipinski definition) is 3. The third-order valence-corrected chi connectivity index (χ3v) is 4.10. The fourth-order valence-corrected chi connectivity index (χ4v) is 2.67. The summed E-state index contributed by atoms with van der Waals surface area (Å²) in [5.41, 5.74) is 7.33. The van der Waals surface area contributed by atoms with E-state index in [1.807, 2.05) is 6.07 Å². The van der Waals surface area contributed by atoms with Crippen LogP contribution < -0.4 is 15.2 Å². The quantitative estimate of drug-likeness (QED) is 0.850. The number of hydrogen-bond donors (Lipinski definition) is 1. The lowest BCUT2D eigenvalue weighted by molar-refractivity contribution is 0.297. The van der Waals surface area contributed by atoms with Gasteiger partial charge in [-0.15, -0.1) is 0 Å². The highest BCUT2D eigenvalue weighted by Crippen LogP contribution is 2.54. The summed E-state index contributed by atoms with van der Waals surface area (Å²) in [4.78, 5) is 0. The van der Waals surface area contributed by atoms with Gasteiger partial charge in [-0.1, -0.05) is 13.0 Å². The minimum Gasteiger partial charge on any atom is -0.490 e. The van der Waals surface area contributed by atoms with Gasteiger partial charge in [0.25, 0.3) is 0 Å². The van der Waals surface area contributed by atoms with Crippen molar-refractivity contribution in [2.75, 3.05) is 19.8 Å². The monoisotopic (exact) mass is 233 g/mol. The molecule has 1 aliphatic carbocycles. The van der Waals surface area contributed by atoms with Crippen molar-refractivity contribution in [3.63, 3.8) is 0 Å². The fraction of sp³-hybridized carbons (Fsp3) is 0.571. The molecule has 0 radical (unpaired) electrons. The number of ether oxygens (including phenoxy) is 2. The van der Waals surface area contributed by atoms with Crippen LogP contribution >= 0.6 is 0 Å². The van der Waals surface area contributed by atoms with Crippen LogP contribution in [0.2, 0.25) is 0 Å². The van der Waals surface area contributed by atoms with Crippen LogP contribution in [-0.4, -0.2) is 19.8 Å². The van der Waals surface area contributed by atoms with E-state index in [0.717, 1.165) is 37.7 Å². The van der Waals surface area contributed by atoms with Gasteiger partial charge in [0, 0.05) is 6.42 Å². The summed E-state index contributed by atoms with van der Waals surface area (Å²) in [7, 11) is 0. The zero-order chi connectivity index (χ0) is 11.9. The Kier molecular flexibility index (Phi) is 2.51. The zero-order valence-corrected chi connectivity index (χ0v) is 10.2. The van der Waals surface area contributed by atoms with Gasteiger partial charge in [0.05, 0.1) is 13.2 Å². The van der Waals surface area contributed by atoms with Crippen LogP contribution in [0.4, 0.5) is 0 Å². The second kappa shape index (κ2) is 3.91. The minimum absolute atomic E-state index is 0.249. The average Bonchev–Trinajstić information content (AvgIpc) is 3.07. The molecule has 1 saturated carbocycles. The van der Waals surface area contributed by atoms with Gasteiger partial charge >= 0.3 is 0 Å². The largest absolute Gasteiger partial charge is 0.490 e. The first-order chi connectivity index (χ1) is 8.24. The second-order valence-corrected chi connectivity index (χ2v) is 5.27. The van der Waals surface area contributed by atoms with Gasteiger partial charge in [0.15, 0.2) is 11.5 Å². The number of nitrogens with two attached hydrogens (primary N) is 1. The summed E-state index contributed by atoms with van der Waals surface area (Å²) in [6, 6.07) is 6.33. The smallest absolute Gasteiger partial charge is 0.161 e. The van der Waals surface area contributed by atoms with E-state index in [-0.39, 0.29) is 5.41 Å². The molecule has 1 aliphatic heterocycles. The fourth-order valence-electron chi connectivity index (χ4n) is 2.67. The lowest BCUT2D eigenvalue weighted by atomic mass is 9.95. The number of benzene rings is 1. The maximum absolute atomic E-state index is 5.75. The first-order valence-electron chi connectivity index (χ1n) is 6.34. The van der Waals surface area contributed by atoms with Crippen LogP contribution in [0.1, 0.15) is 25.3 Å². The molecule has 1 heterocycles. The maximum atomic E-state index is 5.75. The summed E-state index contributed by atoms with van der Waals surface area (Å²) in [6.45, 7) is 4.54. The van der Waals surface area contributed by atoms with Crippen molar-refractivity contribution in [2.24, 2.45) is 11.7 Å². The Hall–Kier alpha value is -1.22. The van der Waals surface area contributed by atoms with E-state index in [2.05, 4.69) is 19.1 Å². The Morgan fingerprint density at radius 3 is 2.76 bits per heavy atom. The normalized spacial score (nSPS) is 30.8. The molecule has 0 aromatic heterocycles. The van der Waals surface area contributed by atoms with Crippen molar-refractivity contribution in [3.05, 3.63) is 23.8 Å². The van der Waals surface area contributed by atoms with E-state index >= 15 is 0 Å². The first-order valence-corrected chi connectivity index (χ1v) is 6.34. The van der Waals surface area contributed by atoms with Gasteiger partial charge < -0.3 is 15.2 Å². The highest BCUT2D eigenvalue weighted by Gasteiger charge is 2.50. The summed E-state index contributed by atoms with van der Waals surface area (Å²) in [5.74, 6) is 2.39. The predicted octanol–water partition coefficient (Wildman–Crippen LogP) is 2.08. The highest BCUT2D eigenvalue weighted by atomic mass is 16.5. The van der Waals surface area contributed by atoms with E-state index < -0.39 is 0 Å². The highest BCUT2D eigenvalue weighted by molar-refractivity contribution is 5.47. The van der Waals surface area contributed by atoms with Crippen LogP contribution in [0, 0.1) is 5.92 Å². The van der Waals surface area contributed by atoms with Crippen molar-refractivity contribution >= 4 is 0 Å². The van der Waals surface area contributed by atoms with Crippen molar-refractivity contribution in [2.45, 2.75) is 25.2 Å². The molecule has 2 unspecified atom stereocenters. The summed E-state index contributed by atoms with van der Waals surface area (Å²) >= 11 is 0. The SMILES string of the molecule is CC1(c2ccc3c(c2)OCCCO3)CC1CN. The van der Waals surface area contributed by atoms with Crippen LogP contribution in [-0.2, 0) is 5.41 Å². The first kappa shape index (κ1) is 10.9. The van der Waals surface area contributed by atoms with Gasteiger partial charge in [-0.2, -0.15) is 0 Å². The Morgan fingerprint density at radius 2 is 2.06 bits per heavy atom. The maximum Gasteiger partial charge on any atom is 0.161 e. The molecule has 3 rings (SSSR count). The molecule has 2 N–H and O–H groups in total. The molecule has 0 saturated heterocycles. The van der Waals surface area contributed by atoms with Crippen molar-refractivity contribution in [3.8, 4) is 11.5 Å². The molecule has 0 bridgehead atoms. The Bertz CT molecular complexity index is 432. The second-order valence-electron chi connectivity index (χ2n) is 5.27. The standard InChI is InChI=1S/C14H19NO2/c1-14(8-11(14)9-15)10-3-4-12-13(7-10)17-6-2-5-16-12/h3-4,7,11H,2,5-6,8-9,15H2,1H3. The van der Waals surface area contributed by atoms with Gasteiger partial charge in [0.1, 0.15) is 0 Å². The van der Waals surface area contributed by atoms with Gasteiger partial charge in [-0.05, 0) is 42.0 Å². The zero-order valence-electron chi connectivity index (χ0n) is 10.2. The molecular weight excluding hydrogens is 214 g/mol. The van der Waals surface area contributed by atoms with E-state index in [9.17, 15) is 0 Å². The Labute approximate surface area is 102 Å². The van der Waals surface area contributed by atoms with Crippen LogP contribution in [0.3, 0.4) is 0 Å². The molecule has 0 amide bonds. The van der Waals surface area contributed by atoms with Gasteiger partial charge in [0.2, 0.25) is 0 Å². The van der Waals surface area contributed by atoms with Crippen molar-refractivity contribution in [1.82, 2.24) is 0 Å². The number of fused-ring (bicyclic) bond motifs is 1. The third-order valence-electron chi connectivity index (χ3n) is 4.10. The molecular formula is C14H19NO2. The van der Waals surface area contributed by atoms with Crippen LogP contribution in [0.15, 0.2) is 18.2 Å². The topological polar surface area (TPSA) is 44.5 Å².